The van der Waals surface area contributed by atoms with Crippen LogP contribution in [0, 0.1) is 0 Å². The lowest BCUT2D eigenvalue weighted by molar-refractivity contribution is 0.659. The Bertz CT molecular complexity index is 4110. The Morgan fingerprint density at radius 3 is 0.680 bits per heavy atom. The van der Waals surface area contributed by atoms with Crippen molar-refractivity contribution in [1.29, 1.82) is 0 Å². The number of benzene rings is 11. The van der Waals surface area contributed by atoms with Crippen molar-refractivity contribution in [2.24, 2.45) is 0 Å². The highest BCUT2D eigenvalue weighted by atomic mass is 14.4. The van der Waals surface area contributed by atoms with E-state index in [1.54, 1.807) is 0 Å². The van der Waals surface area contributed by atoms with Crippen molar-refractivity contribution >= 4 is 0 Å². The summed E-state index contributed by atoms with van der Waals surface area (Å²) in [6.07, 6.45) is 0. The molecule has 0 aromatic heterocycles. The molecule has 75 heavy (non-hydrogen) atoms. The zero-order chi connectivity index (χ0) is 50.8. The molecule has 358 valence electrons. The van der Waals surface area contributed by atoms with E-state index >= 15 is 0 Å². The topological polar surface area (TPSA) is 0 Å². The lowest BCUT2D eigenvalue weighted by atomic mass is 9.79. The molecule has 0 radical (unpaired) electrons. The molecule has 0 amide bonds. The van der Waals surface area contributed by atoms with E-state index in [1.807, 2.05) is 0 Å². The third-order valence-electron chi connectivity index (χ3n) is 17.6. The lowest BCUT2D eigenvalue weighted by Crippen LogP contribution is -2.16. The van der Waals surface area contributed by atoms with Crippen molar-refractivity contribution in [1.82, 2.24) is 0 Å². The number of rotatable bonds is 7. The van der Waals surface area contributed by atoms with Gasteiger partial charge in [0.1, 0.15) is 0 Å². The van der Waals surface area contributed by atoms with Gasteiger partial charge in [-0.25, -0.2) is 0 Å². The smallest absolute Gasteiger partial charge is 0.0159 e. The maximum absolute atomic E-state index is 2.48. The minimum absolute atomic E-state index is 0.150. The zero-order valence-corrected chi connectivity index (χ0v) is 43.6. The fourth-order valence-electron chi connectivity index (χ4n) is 13.3. The highest BCUT2D eigenvalue weighted by Gasteiger charge is 2.39. The molecule has 0 spiro atoms. The van der Waals surface area contributed by atoms with Crippen LogP contribution in [-0.2, 0) is 16.2 Å². The van der Waals surface area contributed by atoms with E-state index < -0.39 is 0 Å². The molecule has 0 aliphatic heterocycles. The predicted molar refractivity (Wildman–Crippen MR) is 317 cm³/mol. The molecule has 0 nitrogen and oxygen atoms in total. The van der Waals surface area contributed by atoms with Crippen LogP contribution in [0.1, 0.15) is 74.9 Å². The summed E-state index contributed by atoms with van der Waals surface area (Å²) in [5.74, 6) is 0. The van der Waals surface area contributed by atoms with Crippen LogP contribution in [0.3, 0.4) is 0 Å². The molecule has 11 aromatic rings. The first-order chi connectivity index (χ1) is 36.4. The normalized spacial score (nSPS) is 14.6. The summed E-state index contributed by atoms with van der Waals surface area (Å²) in [4.78, 5) is 0. The summed E-state index contributed by atoms with van der Waals surface area (Å²) >= 11 is 0. The van der Waals surface area contributed by atoms with Crippen LogP contribution in [0.25, 0.3) is 111 Å². The van der Waals surface area contributed by atoms with Crippen LogP contribution in [0.4, 0.5) is 0 Å². The zero-order valence-electron chi connectivity index (χ0n) is 43.6. The Morgan fingerprint density at radius 1 is 0.160 bits per heavy atom. The van der Waals surface area contributed by atoms with Gasteiger partial charge in [0.25, 0.3) is 0 Å². The van der Waals surface area contributed by atoms with Crippen LogP contribution in [-0.4, -0.2) is 0 Å². The molecule has 0 N–H and O–H groups in total. The van der Waals surface area contributed by atoms with Crippen molar-refractivity contribution in [3.05, 3.63) is 276 Å². The van der Waals surface area contributed by atoms with E-state index in [2.05, 4.69) is 284 Å². The SMILES string of the molecule is CC1(C)c2cc(-c3ccc4c(c3)C(C)(C)c3cc(-c5ccccc5-c5ccccc5)ccc3-4)ccc2-c2ccc(-c3ccc4c(c3)C(C)(C)c3cc(-c5ccccc5-c5ccc(-c6ccccc6)cc5)ccc3-4)cc21. The second-order valence-corrected chi connectivity index (χ2v) is 22.8. The Labute approximate surface area is 442 Å². The van der Waals surface area contributed by atoms with E-state index in [-0.39, 0.29) is 16.2 Å². The molecule has 14 rings (SSSR count). The van der Waals surface area contributed by atoms with Crippen molar-refractivity contribution < 1.29 is 0 Å². The first kappa shape index (κ1) is 45.1. The molecule has 0 saturated heterocycles. The fourth-order valence-corrected chi connectivity index (χ4v) is 13.3. The van der Waals surface area contributed by atoms with Crippen LogP contribution in [0.2, 0.25) is 0 Å². The van der Waals surface area contributed by atoms with Gasteiger partial charge in [-0.05, 0) is 181 Å². The van der Waals surface area contributed by atoms with Crippen LogP contribution >= 0.6 is 0 Å². The van der Waals surface area contributed by atoms with E-state index in [4.69, 9.17) is 0 Å². The van der Waals surface area contributed by atoms with Crippen molar-refractivity contribution in [2.75, 3.05) is 0 Å². The van der Waals surface area contributed by atoms with Crippen molar-refractivity contribution in [3.8, 4) is 111 Å². The van der Waals surface area contributed by atoms with Crippen LogP contribution < -0.4 is 0 Å². The van der Waals surface area contributed by atoms with Gasteiger partial charge in [0.2, 0.25) is 0 Å². The molecule has 3 aliphatic rings. The van der Waals surface area contributed by atoms with Crippen molar-refractivity contribution in [3.63, 3.8) is 0 Å². The highest BCUT2D eigenvalue weighted by Crippen LogP contribution is 2.55. The third kappa shape index (κ3) is 7.03. The van der Waals surface area contributed by atoms with E-state index in [9.17, 15) is 0 Å². The summed E-state index contributed by atoms with van der Waals surface area (Å²) in [6.45, 7) is 14.4. The standard InChI is InChI=1S/C75H58/c1-73(2)67-41-51(53-31-37-63-65-39-33-55(45-71(65)74(3,4)69(63)43-53)59-23-15-13-21-57(59)49-19-11-8-12-20-49)29-35-61(67)62-36-30-52(42-68(62)73)54-32-38-64-66-40-34-56(46-72(66)75(5,6)70(64)44-54)60-24-16-14-22-58(60)50-27-25-48(26-28-50)47-17-9-7-10-18-47/h7-46H,1-6H3. The molecule has 3 aliphatic carbocycles. The first-order valence-corrected chi connectivity index (χ1v) is 26.7. The summed E-state index contributed by atoms with van der Waals surface area (Å²) in [6, 6.07) is 91.2. The lowest BCUT2D eigenvalue weighted by Gasteiger charge is -2.24. The van der Waals surface area contributed by atoms with Crippen LogP contribution in [0.15, 0.2) is 243 Å². The molecule has 0 atom stereocenters. The van der Waals surface area contributed by atoms with Gasteiger partial charge >= 0.3 is 0 Å². The minimum Gasteiger partial charge on any atom is -0.0622 e. The van der Waals surface area contributed by atoms with E-state index in [1.165, 1.54) is 145 Å². The number of fused-ring (bicyclic) bond motifs is 9. The fraction of sp³-hybridized carbons (Fsp3) is 0.120. The second-order valence-electron chi connectivity index (χ2n) is 22.8. The number of hydrogen-bond acceptors (Lipinski definition) is 0. The van der Waals surface area contributed by atoms with Gasteiger partial charge in [-0.1, -0.05) is 248 Å². The Morgan fingerprint density at radius 2 is 0.360 bits per heavy atom. The average molecular weight is 959 g/mol. The average Bonchev–Trinajstić information content (AvgIpc) is 3.95. The second kappa shape index (κ2) is 16.7. The summed E-state index contributed by atoms with van der Waals surface area (Å²) in [5.41, 5.74) is 33.5. The summed E-state index contributed by atoms with van der Waals surface area (Å²) in [5, 5.41) is 0. The molecule has 0 heterocycles. The van der Waals surface area contributed by atoms with E-state index in [0.29, 0.717) is 0 Å². The molecule has 0 bridgehead atoms. The van der Waals surface area contributed by atoms with Gasteiger partial charge < -0.3 is 0 Å². The van der Waals surface area contributed by atoms with Gasteiger partial charge in [0.05, 0.1) is 0 Å². The van der Waals surface area contributed by atoms with Crippen molar-refractivity contribution in [2.45, 2.75) is 57.8 Å². The van der Waals surface area contributed by atoms with E-state index in [0.717, 1.165) is 0 Å². The highest BCUT2D eigenvalue weighted by molar-refractivity contribution is 5.93. The monoisotopic (exact) mass is 958 g/mol. The Kier molecular flexibility index (Phi) is 10.0. The van der Waals surface area contributed by atoms with Gasteiger partial charge in [-0.2, -0.15) is 0 Å². The molecular formula is C75H58. The molecule has 0 fully saturated rings. The first-order valence-electron chi connectivity index (χ1n) is 26.7. The molecule has 0 saturated carbocycles. The molecular weight excluding hydrogens is 901 g/mol. The molecule has 0 heteroatoms. The Hall–Kier alpha value is -8.58. The largest absolute Gasteiger partial charge is 0.0622 e. The number of hydrogen-bond donors (Lipinski definition) is 0. The van der Waals surface area contributed by atoms with Gasteiger partial charge in [-0.3, -0.25) is 0 Å². The summed E-state index contributed by atoms with van der Waals surface area (Å²) < 4.78 is 0. The molecule has 0 unspecified atom stereocenters. The van der Waals surface area contributed by atoms with Gasteiger partial charge in [-0.15, -0.1) is 0 Å². The maximum atomic E-state index is 2.48. The van der Waals surface area contributed by atoms with Crippen LogP contribution in [0.5, 0.6) is 0 Å². The molecule has 11 aromatic carbocycles. The Balaban J connectivity index is 0.742. The summed E-state index contributed by atoms with van der Waals surface area (Å²) in [7, 11) is 0. The minimum atomic E-state index is -0.168. The quantitative estimate of drug-likeness (QED) is 0.149. The third-order valence-corrected chi connectivity index (χ3v) is 17.6. The predicted octanol–water partition coefficient (Wildman–Crippen LogP) is 20.3. The van der Waals surface area contributed by atoms with Gasteiger partial charge in [0.15, 0.2) is 0 Å². The maximum Gasteiger partial charge on any atom is 0.0159 e. The van der Waals surface area contributed by atoms with Gasteiger partial charge in [0, 0.05) is 16.2 Å².